The molecular weight excluding hydrogens is 274 g/mol. The van der Waals surface area contributed by atoms with Gasteiger partial charge in [-0.05, 0) is 12.8 Å². The molecule has 2 heterocycles. The van der Waals surface area contributed by atoms with Crippen molar-refractivity contribution in [3.8, 4) is 5.13 Å². The first-order chi connectivity index (χ1) is 7.36. The lowest BCUT2D eigenvalue weighted by Gasteiger charge is -1.93. The van der Waals surface area contributed by atoms with Crippen molar-refractivity contribution in [2.24, 2.45) is 0 Å². The summed E-state index contributed by atoms with van der Waals surface area (Å²) in [5.74, 6) is 0.731. The molecule has 0 amide bonds. The summed E-state index contributed by atoms with van der Waals surface area (Å²) in [5.41, 5.74) is 2.29. The lowest BCUT2D eigenvalue weighted by Crippen LogP contribution is -1.89. The number of hydrogen-bond acceptors (Lipinski definition) is 3. The summed E-state index contributed by atoms with van der Waals surface area (Å²) >= 11 is 5.08. The summed E-state index contributed by atoms with van der Waals surface area (Å²) in [6, 6.07) is 0. The molecule has 0 bridgehead atoms. The zero-order valence-corrected chi connectivity index (χ0v) is 10.5. The molecule has 0 unspecified atom stereocenters. The first-order valence-corrected chi connectivity index (χ1v) is 6.91. The van der Waals surface area contributed by atoms with Crippen molar-refractivity contribution in [1.82, 2.24) is 14.5 Å². The molecule has 1 aliphatic carbocycles. The Hall–Kier alpha value is -0.680. The minimum absolute atomic E-state index is 0.731. The Balaban J connectivity index is 1.90. The molecule has 0 spiro atoms. The molecule has 0 saturated heterocycles. The van der Waals surface area contributed by atoms with Crippen molar-refractivity contribution in [2.45, 2.75) is 24.1 Å². The third-order valence-corrected chi connectivity index (χ3v) is 3.95. The van der Waals surface area contributed by atoms with Crippen LogP contribution in [0.25, 0.3) is 5.13 Å². The Morgan fingerprint density at radius 3 is 3.07 bits per heavy atom. The van der Waals surface area contributed by atoms with Gasteiger partial charge in [0.15, 0.2) is 5.13 Å². The van der Waals surface area contributed by atoms with E-state index >= 15 is 0 Å². The molecule has 2 aromatic heterocycles. The van der Waals surface area contributed by atoms with Gasteiger partial charge in [-0.2, -0.15) is 0 Å². The van der Waals surface area contributed by atoms with E-state index in [9.17, 15) is 0 Å². The molecule has 0 atom stereocenters. The topological polar surface area (TPSA) is 30.7 Å². The second kappa shape index (κ2) is 3.72. The average Bonchev–Trinajstić information content (AvgIpc) is 2.84. The van der Waals surface area contributed by atoms with Crippen molar-refractivity contribution < 1.29 is 0 Å². The number of imidazole rings is 1. The Morgan fingerprint density at radius 2 is 2.40 bits per heavy atom. The van der Waals surface area contributed by atoms with Gasteiger partial charge in [0.25, 0.3) is 0 Å². The molecule has 1 aliphatic rings. The smallest absolute Gasteiger partial charge is 0.195 e. The summed E-state index contributed by atoms with van der Waals surface area (Å²) in [4.78, 5) is 8.88. The molecule has 0 aliphatic heterocycles. The number of hydrogen-bond donors (Lipinski definition) is 0. The van der Waals surface area contributed by atoms with E-state index in [0.717, 1.165) is 22.1 Å². The second-order valence-corrected chi connectivity index (χ2v) is 5.13. The number of nitrogens with zero attached hydrogens (tertiary/aromatic N) is 3. The molecule has 2 aromatic rings. The predicted octanol–water partition coefficient (Wildman–Crippen LogP) is 3.10. The predicted molar refractivity (Wildman–Crippen MR) is 63.8 cm³/mol. The van der Waals surface area contributed by atoms with Crippen LogP contribution in [-0.2, 0) is 5.33 Å². The van der Waals surface area contributed by atoms with Crippen LogP contribution < -0.4 is 0 Å². The Kier molecular flexibility index (Phi) is 2.36. The van der Waals surface area contributed by atoms with Gasteiger partial charge in [0.2, 0.25) is 0 Å². The van der Waals surface area contributed by atoms with Crippen LogP contribution in [0, 0.1) is 0 Å². The second-order valence-electron chi connectivity index (χ2n) is 3.74. The Bertz CT molecular complexity index is 472. The summed E-state index contributed by atoms with van der Waals surface area (Å²) in [6.45, 7) is 0. The van der Waals surface area contributed by atoms with Crippen LogP contribution in [0.1, 0.15) is 30.1 Å². The van der Waals surface area contributed by atoms with Gasteiger partial charge < -0.3 is 0 Å². The number of halogens is 1. The van der Waals surface area contributed by atoms with Gasteiger partial charge in [0, 0.05) is 22.8 Å². The van der Waals surface area contributed by atoms with E-state index in [4.69, 9.17) is 0 Å². The van der Waals surface area contributed by atoms with Gasteiger partial charge in [-0.25, -0.2) is 9.97 Å². The fourth-order valence-electron chi connectivity index (χ4n) is 1.50. The van der Waals surface area contributed by atoms with E-state index in [0.29, 0.717) is 0 Å². The van der Waals surface area contributed by atoms with E-state index in [1.807, 2.05) is 17.1 Å². The zero-order chi connectivity index (χ0) is 10.3. The number of rotatable bonds is 3. The minimum Gasteiger partial charge on any atom is -0.281 e. The molecule has 1 saturated carbocycles. The lowest BCUT2D eigenvalue weighted by atomic mass is 10.3. The van der Waals surface area contributed by atoms with Crippen LogP contribution in [0.4, 0.5) is 0 Å². The van der Waals surface area contributed by atoms with Gasteiger partial charge in [0.05, 0.1) is 11.4 Å². The van der Waals surface area contributed by atoms with Gasteiger partial charge in [-0.1, -0.05) is 15.9 Å². The van der Waals surface area contributed by atoms with Crippen LogP contribution in [0.3, 0.4) is 0 Å². The van der Waals surface area contributed by atoms with Crippen LogP contribution >= 0.6 is 27.3 Å². The molecule has 0 N–H and O–H groups in total. The van der Waals surface area contributed by atoms with Crippen molar-refractivity contribution in [2.75, 3.05) is 0 Å². The quantitative estimate of drug-likeness (QED) is 0.811. The zero-order valence-electron chi connectivity index (χ0n) is 8.06. The highest BCUT2D eigenvalue weighted by atomic mass is 79.9. The van der Waals surface area contributed by atoms with Crippen LogP contribution in [0.2, 0.25) is 0 Å². The fourth-order valence-corrected chi connectivity index (χ4v) is 2.64. The van der Waals surface area contributed by atoms with Crippen LogP contribution in [0.5, 0.6) is 0 Å². The highest BCUT2D eigenvalue weighted by Gasteiger charge is 2.26. The van der Waals surface area contributed by atoms with E-state index in [1.54, 1.807) is 11.3 Å². The van der Waals surface area contributed by atoms with Crippen LogP contribution in [0.15, 0.2) is 17.9 Å². The maximum Gasteiger partial charge on any atom is 0.195 e. The SMILES string of the molecule is BrCc1cn(-c2nc(C3CC3)cs2)cn1. The third kappa shape index (κ3) is 1.86. The first kappa shape index (κ1) is 9.54. The normalized spacial score (nSPS) is 15.8. The fraction of sp³-hybridized carbons (Fsp3) is 0.400. The van der Waals surface area contributed by atoms with E-state index in [-0.39, 0.29) is 0 Å². The molecule has 3 nitrogen and oxygen atoms in total. The van der Waals surface area contributed by atoms with Crippen molar-refractivity contribution in [3.05, 3.63) is 29.3 Å². The third-order valence-electron chi connectivity index (χ3n) is 2.50. The van der Waals surface area contributed by atoms with E-state index in [2.05, 4.69) is 31.3 Å². The van der Waals surface area contributed by atoms with Crippen LogP contribution in [-0.4, -0.2) is 14.5 Å². The summed E-state index contributed by atoms with van der Waals surface area (Å²) in [6.07, 6.45) is 6.45. The monoisotopic (exact) mass is 283 g/mol. The number of alkyl halides is 1. The maximum atomic E-state index is 4.62. The van der Waals surface area contributed by atoms with Gasteiger partial charge in [0.1, 0.15) is 6.33 Å². The average molecular weight is 284 g/mol. The van der Waals surface area contributed by atoms with Gasteiger partial charge in [-0.3, -0.25) is 4.57 Å². The molecular formula is C10H10BrN3S. The van der Waals surface area contributed by atoms with Crippen molar-refractivity contribution in [1.29, 1.82) is 0 Å². The number of thiazole rings is 1. The molecule has 15 heavy (non-hydrogen) atoms. The van der Waals surface area contributed by atoms with Gasteiger partial charge in [-0.15, -0.1) is 11.3 Å². The summed E-state index contributed by atoms with van der Waals surface area (Å²) < 4.78 is 1.99. The molecule has 0 aromatic carbocycles. The van der Waals surface area contributed by atoms with E-state index < -0.39 is 0 Å². The largest absolute Gasteiger partial charge is 0.281 e. The van der Waals surface area contributed by atoms with E-state index in [1.165, 1.54) is 18.5 Å². The van der Waals surface area contributed by atoms with Crippen molar-refractivity contribution in [3.63, 3.8) is 0 Å². The molecule has 3 rings (SSSR count). The standard InChI is InChI=1S/C10H10BrN3S/c11-3-8-4-14(6-12-8)10-13-9(5-15-10)7-1-2-7/h4-7H,1-3H2. The lowest BCUT2D eigenvalue weighted by molar-refractivity contribution is 0.977. The minimum atomic E-state index is 0.731. The summed E-state index contributed by atoms with van der Waals surface area (Å²) in [5, 5.41) is 3.98. The highest BCUT2D eigenvalue weighted by molar-refractivity contribution is 9.08. The molecule has 78 valence electrons. The highest BCUT2D eigenvalue weighted by Crippen LogP contribution is 2.40. The molecule has 5 heteroatoms. The van der Waals surface area contributed by atoms with Crippen molar-refractivity contribution >= 4 is 27.3 Å². The first-order valence-electron chi connectivity index (χ1n) is 4.91. The Labute approximate surface area is 100 Å². The molecule has 0 radical (unpaired) electrons. The Morgan fingerprint density at radius 1 is 1.53 bits per heavy atom. The maximum absolute atomic E-state index is 4.62. The number of aromatic nitrogens is 3. The summed E-state index contributed by atoms with van der Waals surface area (Å²) in [7, 11) is 0. The molecule has 1 fully saturated rings. The van der Waals surface area contributed by atoms with Gasteiger partial charge >= 0.3 is 0 Å².